The number of fused-ring (bicyclic) bond motifs is 1. The molecule has 0 atom stereocenters. The lowest BCUT2D eigenvalue weighted by Gasteiger charge is -2.12. The first kappa shape index (κ1) is 28.5. The Morgan fingerprint density at radius 2 is 1.81 bits per heavy atom. The number of carbonyl (C=O) groups is 1. The van der Waals surface area contributed by atoms with E-state index < -0.39 is 0 Å². The van der Waals surface area contributed by atoms with E-state index in [9.17, 15) is 4.79 Å². The molecule has 5 aromatic rings. The molecular weight excluding hydrogens is 520 g/mol. The monoisotopic (exact) mass is 556 g/mol. The van der Waals surface area contributed by atoms with Gasteiger partial charge in [-0.2, -0.15) is 0 Å². The first-order valence-electron chi connectivity index (χ1n) is 13.9. The normalized spacial score (nSPS) is 11.4. The minimum atomic E-state index is -0.153. The summed E-state index contributed by atoms with van der Waals surface area (Å²) in [5, 5.41) is 7.46. The van der Waals surface area contributed by atoms with Crippen LogP contribution in [0, 0.1) is 13.8 Å². The van der Waals surface area contributed by atoms with Gasteiger partial charge in [0.25, 0.3) is 0 Å². The number of H-pyrrole nitrogens is 1. The molecule has 3 N–H and O–H groups in total. The van der Waals surface area contributed by atoms with Crippen molar-refractivity contribution in [2.45, 2.75) is 20.3 Å². The van der Waals surface area contributed by atoms with E-state index in [1.807, 2.05) is 80.8 Å². The minimum Gasteiger partial charge on any atom is -0.360 e. The lowest BCUT2D eigenvalue weighted by molar-refractivity contribution is -0.111. The number of aryl methyl sites for hydroxylation is 2. The molecule has 7 heteroatoms. The zero-order valence-electron chi connectivity index (χ0n) is 24.5. The fraction of sp³-hybridized carbons (Fsp3) is 0.171. The molecule has 0 aliphatic carbocycles. The second-order valence-electron chi connectivity index (χ2n) is 10.8. The Hall–Kier alpha value is -5.01. The molecule has 0 radical (unpaired) electrons. The highest BCUT2D eigenvalue weighted by Gasteiger charge is 2.13. The lowest BCUT2D eigenvalue weighted by atomic mass is 10.0. The predicted octanol–water partition coefficient (Wildman–Crippen LogP) is 6.97. The number of likely N-dealkylation sites (N-methyl/N-ethyl adjacent to an activating group) is 1. The van der Waals surface area contributed by atoms with Crippen LogP contribution in [0.5, 0.6) is 0 Å². The highest BCUT2D eigenvalue weighted by atomic mass is 16.1. The van der Waals surface area contributed by atoms with Crippen molar-refractivity contribution in [2.24, 2.45) is 0 Å². The summed E-state index contributed by atoms with van der Waals surface area (Å²) in [7, 11) is 3.91. The average molecular weight is 557 g/mol. The topological polar surface area (TPSA) is 85.9 Å². The predicted molar refractivity (Wildman–Crippen MR) is 173 cm³/mol. The Morgan fingerprint density at radius 3 is 2.60 bits per heavy atom. The van der Waals surface area contributed by atoms with E-state index in [0.29, 0.717) is 13.0 Å². The van der Waals surface area contributed by atoms with Crippen molar-refractivity contribution in [3.05, 3.63) is 126 Å². The zero-order chi connectivity index (χ0) is 29.6. The van der Waals surface area contributed by atoms with Gasteiger partial charge in [-0.25, -0.2) is 9.97 Å². The molecule has 2 heterocycles. The largest absolute Gasteiger partial charge is 0.360 e. The van der Waals surface area contributed by atoms with Gasteiger partial charge in [-0.1, -0.05) is 48.6 Å². The number of aromatic amines is 1. The fourth-order valence-corrected chi connectivity index (χ4v) is 4.76. The molecule has 5 rings (SSSR count). The maximum atomic E-state index is 12.1. The van der Waals surface area contributed by atoms with Crippen molar-refractivity contribution in [3.63, 3.8) is 0 Å². The van der Waals surface area contributed by atoms with Crippen molar-refractivity contribution < 1.29 is 4.79 Å². The number of benzene rings is 3. The number of carbonyl (C=O) groups excluding carboxylic acids is 1. The quantitative estimate of drug-likeness (QED) is 0.162. The molecule has 0 saturated heterocycles. The highest BCUT2D eigenvalue weighted by Crippen LogP contribution is 2.30. The van der Waals surface area contributed by atoms with Crippen molar-refractivity contribution >= 4 is 33.9 Å². The van der Waals surface area contributed by atoms with Gasteiger partial charge in [0, 0.05) is 65.0 Å². The third-order valence-electron chi connectivity index (χ3n) is 6.94. The van der Waals surface area contributed by atoms with Crippen molar-refractivity contribution in [2.75, 3.05) is 31.3 Å². The van der Waals surface area contributed by atoms with Gasteiger partial charge >= 0.3 is 0 Å². The number of hydrogen-bond donors (Lipinski definition) is 3. The van der Waals surface area contributed by atoms with Gasteiger partial charge in [0.1, 0.15) is 5.82 Å². The van der Waals surface area contributed by atoms with Crippen LogP contribution in [0.2, 0.25) is 0 Å². The maximum Gasteiger partial charge on any atom is 0.248 e. The number of nitrogens with zero attached hydrogens (tertiary/aromatic N) is 3. The molecule has 2 aromatic heterocycles. The lowest BCUT2D eigenvalue weighted by Crippen LogP contribution is -2.12. The molecule has 3 aromatic carbocycles. The minimum absolute atomic E-state index is 0.153. The fourth-order valence-electron chi connectivity index (χ4n) is 4.76. The number of anilines is 2. The van der Waals surface area contributed by atoms with Crippen molar-refractivity contribution in [3.8, 4) is 11.3 Å². The van der Waals surface area contributed by atoms with E-state index in [0.717, 1.165) is 56.4 Å². The second-order valence-corrected chi connectivity index (χ2v) is 10.8. The summed E-state index contributed by atoms with van der Waals surface area (Å²) in [6.45, 7) is 9.08. The molecule has 0 aliphatic heterocycles. The smallest absolute Gasteiger partial charge is 0.248 e. The van der Waals surface area contributed by atoms with E-state index in [1.54, 1.807) is 6.08 Å². The van der Waals surface area contributed by atoms with E-state index in [1.165, 1.54) is 10.9 Å². The molecule has 7 nitrogen and oxygen atoms in total. The van der Waals surface area contributed by atoms with Crippen LogP contribution in [0.15, 0.2) is 97.9 Å². The van der Waals surface area contributed by atoms with Crippen LogP contribution in [0.25, 0.3) is 27.9 Å². The summed E-state index contributed by atoms with van der Waals surface area (Å²) < 4.78 is 0. The average Bonchev–Trinajstić information content (AvgIpc) is 3.37. The summed E-state index contributed by atoms with van der Waals surface area (Å²) in [6.07, 6.45) is 7.92. The maximum absolute atomic E-state index is 12.1. The van der Waals surface area contributed by atoms with Gasteiger partial charge in [0.15, 0.2) is 0 Å². The number of amides is 1. The van der Waals surface area contributed by atoms with Crippen LogP contribution in [0.1, 0.15) is 28.1 Å². The Kier molecular flexibility index (Phi) is 8.60. The third-order valence-corrected chi connectivity index (χ3v) is 6.94. The summed E-state index contributed by atoms with van der Waals surface area (Å²) in [5.74, 6) is 0.613. The van der Waals surface area contributed by atoms with Crippen LogP contribution in [-0.4, -0.2) is 46.4 Å². The Labute approximate surface area is 247 Å². The molecule has 42 heavy (non-hydrogen) atoms. The van der Waals surface area contributed by atoms with E-state index >= 15 is 0 Å². The molecule has 0 spiro atoms. The second kappa shape index (κ2) is 12.7. The van der Waals surface area contributed by atoms with Gasteiger partial charge in [0.05, 0.1) is 5.69 Å². The first-order valence-corrected chi connectivity index (χ1v) is 13.9. The van der Waals surface area contributed by atoms with E-state index in [-0.39, 0.29) is 5.91 Å². The Bertz CT molecular complexity index is 1760. The molecule has 0 bridgehead atoms. The van der Waals surface area contributed by atoms with Gasteiger partial charge in [-0.15, -0.1) is 0 Å². The molecule has 0 saturated carbocycles. The molecular formula is C35H36N6O. The molecule has 212 valence electrons. The standard InChI is InChI=1S/C35H36N6O/c1-23-11-16-32-30(18-23)31(22-36-32)35-24(2)21-37-33(40-35)20-26-8-6-9-29(19-26)38-25(3)27-12-14-28(15-13-27)39-34(42)10-7-17-41(4)5/h6-16,18-19,21-22,36,38H,3,17,20H2,1-2,4-5H3,(H,39,42)/b10-7+. The van der Waals surface area contributed by atoms with Gasteiger partial charge in [0.2, 0.25) is 5.91 Å². The summed E-state index contributed by atoms with van der Waals surface area (Å²) in [5.41, 5.74) is 9.84. The van der Waals surface area contributed by atoms with Crippen LogP contribution in [0.4, 0.5) is 11.4 Å². The molecule has 0 unspecified atom stereocenters. The van der Waals surface area contributed by atoms with Crippen LogP contribution in [-0.2, 0) is 11.2 Å². The Morgan fingerprint density at radius 1 is 1.00 bits per heavy atom. The SMILES string of the molecule is C=C(Nc1cccc(Cc2ncc(C)c(-c3c[nH]c4ccc(C)cc34)n2)c1)c1ccc(NC(=O)/C=C/CN(C)C)cc1. The first-order chi connectivity index (χ1) is 20.2. The van der Waals surface area contributed by atoms with Crippen molar-refractivity contribution in [1.29, 1.82) is 0 Å². The van der Waals surface area contributed by atoms with Gasteiger partial charge in [-0.05, 0) is 81.0 Å². The van der Waals surface area contributed by atoms with Gasteiger partial charge < -0.3 is 20.5 Å². The number of nitrogens with one attached hydrogen (secondary N) is 3. The summed E-state index contributed by atoms with van der Waals surface area (Å²) in [6, 6.07) is 22.2. The van der Waals surface area contributed by atoms with Crippen LogP contribution < -0.4 is 10.6 Å². The molecule has 0 aliphatic rings. The van der Waals surface area contributed by atoms with Gasteiger partial charge in [-0.3, -0.25) is 4.79 Å². The van der Waals surface area contributed by atoms with E-state index in [2.05, 4.69) is 64.4 Å². The van der Waals surface area contributed by atoms with E-state index in [4.69, 9.17) is 4.98 Å². The number of hydrogen-bond acceptors (Lipinski definition) is 5. The van der Waals surface area contributed by atoms with Crippen molar-refractivity contribution in [1.82, 2.24) is 19.9 Å². The number of rotatable bonds is 10. The van der Waals surface area contributed by atoms with Crippen LogP contribution >= 0.6 is 0 Å². The highest BCUT2D eigenvalue weighted by molar-refractivity contribution is 5.99. The third kappa shape index (κ3) is 7.00. The van der Waals surface area contributed by atoms with Crippen LogP contribution in [0.3, 0.4) is 0 Å². The molecule has 1 amide bonds. The zero-order valence-corrected chi connectivity index (χ0v) is 24.5. The molecule has 0 fully saturated rings. The summed E-state index contributed by atoms with van der Waals surface area (Å²) >= 11 is 0. The summed E-state index contributed by atoms with van der Waals surface area (Å²) in [4.78, 5) is 27.1. The Balaban J connectivity index is 1.25. The number of aromatic nitrogens is 3.